The van der Waals surface area contributed by atoms with Crippen LogP contribution in [0.25, 0.3) is 0 Å². The molecule has 0 radical (unpaired) electrons. The first-order valence-corrected chi connectivity index (χ1v) is 6.72. The third-order valence-corrected chi connectivity index (χ3v) is 3.90. The molecule has 2 aromatic rings. The molecular weight excluding hydrogens is 250 g/mol. The maximum atomic E-state index is 12.0. The minimum Gasteiger partial charge on any atom is -0.338 e. The van der Waals surface area contributed by atoms with Crippen molar-refractivity contribution in [1.29, 1.82) is 0 Å². The smallest absolute Gasteiger partial charge is 0.286 e. The molecule has 0 unspecified atom stereocenters. The van der Waals surface area contributed by atoms with Gasteiger partial charge in [-0.25, -0.2) is 0 Å². The molecular formula is C12H9N3O2S. The molecule has 0 spiro atoms. The van der Waals surface area contributed by atoms with Crippen molar-refractivity contribution < 1.29 is 8.42 Å². The second-order valence-corrected chi connectivity index (χ2v) is 5.35. The van der Waals surface area contributed by atoms with Gasteiger partial charge in [-0.15, -0.1) is 4.40 Å². The van der Waals surface area contributed by atoms with Crippen LogP contribution in [-0.2, 0) is 10.0 Å². The van der Waals surface area contributed by atoms with Crippen molar-refractivity contribution in [2.24, 2.45) is 4.40 Å². The highest BCUT2D eigenvalue weighted by Crippen LogP contribution is 2.27. The van der Waals surface area contributed by atoms with Crippen LogP contribution in [-0.4, -0.2) is 19.2 Å². The largest absolute Gasteiger partial charge is 0.338 e. The Morgan fingerprint density at radius 3 is 2.67 bits per heavy atom. The van der Waals surface area contributed by atoms with Crippen LogP contribution in [0.4, 0.5) is 5.69 Å². The fraction of sp³-hybridized carbons (Fsp3) is 0. The monoisotopic (exact) mass is 259 g/mol. The van der Waals surface area contributed by atoms with Crippen molar-refractivity contribution in [3.8, 4) is 0 Å². The number of para-hydroxylation sites is 1. The van der Waals surface area contributed by atoms with E-state index in [1.54, 1.807) is 42.7 Å². The SMILES string of the molecule is O=S1(=O)N=C(c2cccnc2)Nc2ccccc21. The molecule has 5 nitrogen and oxygen atoms in total. The molecule has 0 amide bonds. The van der Waals surface area contributed by atoms with Crippen molar-refractivity contribution in [1.82, 2.24) is 4.98 Å². The summed E-state index contributed by atoms with van der Waals surface area (Å²) in [5.41, 5.74) is 1.17. The van der Waals surface area contributed by atoms with Gasteiger partial charge in [-0.2, -0.15) is 8.42 Å². The number of nitrogens with one attached hydrogen (secondary N) is 1. The van der Waals surface area contributed by atoms with Gasteiger partial charge in [0.2, 0.25) is 0 Å². The Bertz CT molecular complexity index is 724. The summed E-state index contributed by atoms with van der Waals surface area (Å²) >= 11 is 0. The van der Waals surface area contributed by atoms with E-state index in [1.165, 1.54) is 6.07 Å². The van der Waals surface area contributed by atoms with Crippen LogP contribution < -0.4 is 5.32 Å². The van der Waals surface area contributed by atoms with Gasteiger partial charge in [-0.1, -0.05) is 12.1 Å². The minimum absolute atomic E-state index is 0.192. The van der Waals surface area contributed by atoms with E-state index in [0.29, 0.717) is 17.1 Å². The molecule has 0 saturated heterocycles. The Labute approximate surface area is 104 Å². The second-order valence-electron chi connectivity index (χ2n) is 3.78. The normalized spacial score (nSPS) is 16.3. The van der Waals surface area contributed by atoms with Crippen LogP contribution in [0.15, 0.2) is 58.1 Å². The third-order valence-electron chi connectivity index (χ3n) is 2.56. The topological polar surface area (TPSA) is 71.4 Å². The number of anilines is 1. The second kappa shape index (κ2) is 3.92. The van der Waals surface area contributed by atoms with Crippen LogP contribution in [0.1, 0.15) is 5.56 Å². The van der Waals surface area contributed by atoms with Gasteiger partial charge in [0.05, 0.1) is 5.69 Å². The van der Waals surface area contributed by atoms with Gasteiger partial charge in [-0.05, 0) is 24.3 Å². The first-order valence-electron chi connectivity index (χ1n) is 5.28. The van der Waals surface area contributed by atoms with Crippen LogP contribution in [0.5, 0.6) is 0 Å². The summed E-state index contributed by atoms with van der Waals surface area (Å²) in [6, 6.07) is 10.2. The molecule has 1 aliphatic heterocycles. The van der Waals surface area contributed by atoms with Gasteiger partial charge in [-0.3, -0.25) is 4.98 Å². The van der Waals surface area contributed by atoms with Crippen molar-refractivity contribution >= 4 is 21.5 Å². The van der Waals surface area contributed by atoms with Gasteiger partial charge in [0, 0.05) is 18.0 Å². The number of amidine groups is 1. The Morgan fingerprint density at radius 1 is 1.06 bits per heavy atom. The fourth-order valence-corrected chi connectivity index (χ4v) is 2.88. The lowest BCUT2D eigenvalue weighted by Crippen LogP contribution is -2.22. The number of pyridine rings is 1. The summed E-state index contributed by atoms with van der Waals surface area (Å²) in [4.78, 5) is 4.14. The van der Waals surface area contributed by atoms with Gasteiger partial charge in [0.25, 0.3) is 10.0 Å². The van der Waals surface area contributed by atoms with E-state index in [4.69, 9.17) is 0 Å². The maximum absolute atomic E-state index is 12.0. The quantitative estimate of drug-likeness (QED) is 0.845. The number of fused-ring (bicyclic) bond motifs is 1. The first-order chi connectivity index (χ1) is 8.67. The number of hydrogen-bond acceptors (Lipinski definition) is 4. The van der Waals surface area contributed by atoms with Gasteiger partial charge >= 0.3 is 0 Å². The number of rotatable bonds is 1. The van der Waals surface area contributed by atoms with Gasteiger partial charge < -0.3 is 5.32 Å². The zero-order valence-corrected chi connectivity index (χ0v) is 10.1. The third kappa shape index (κ3) is 1.76. The average molecular weight is 259 g/mol. The van der Waals surface area contributed by atoms with E-state index in [2.05, 4.69) is 14.7 Å². The van der Waals surface area contributed by atoms with Gasteiger partial charge in [0.1, 0.15) is 4.90 Å². The molecule has 0 fully saturated rings. The van der Waals surface area contributed by atoms with E-state index < -0.39 is 10.0 Å². The Hall–Kier alpha value is -2.21. The Balaban J connectivity index is 2.16. The maximum Gasteiger partial charge on any atom is 0.286 e. The molecule has 2 heterocycles. The van der Waals surface area contributed by atoms with E-state index in [0.717, 1.165) is 0 Å². The van der Waals surface area contributed by atoms with Crippen molar-refractivity contribution in [3.63, 3.8) is 0 Å². The van der Waals surface area contributed by atoms with Crippen molar-refractivity contribution in [2.45, 2.75) is 4.90 Å². The zero-order valence-electron chi connectivity index (χ0n) is 9.24. The molecule has 0 saturated carbocycles. The van der Waals surface area contributed by atoms with Crippen LogP contribution >= 0.6 is 0 Å². The van der Waals surface area contributed by atoms with Crippen LogP contribution in [0.2, 0.25) is 0 Å². The molecule has 18 heavy (non-hydrogen) atoms. The highest BCUT2D eigenvalue weighted by molar-refractivity contribution is 7.90. The highest BCUT2D eigenvalue weighted by Gasteiger charge is 2.24. The molecule has 0 aliphatic carbocycles. The molecule has 0 atom stereocenters. The molecule has 0 bridgehead atoms. The molecule has 6 heteroatoms. The summed E-state index contributed by atoms with van der Waals surface area (Å²) in [7, 11) is -3.64. The summed E-state index contributed by atoms with van der Waals surface area (Å²) < 4.78 is 27.8. The fourth-order valence-electron chi connectivity index (χ4n) is 1.74. The highest BCUT2D eigenvalue weighted by atomic mass is 32.2. The Kier molecular flexibility index (Phi) is 2.38. The molecule has 1 N–H and O–H groups in total. The molecule has 1 aromatic heterocycles. The summed E-state index contributed by atoms with van der Waals surface area (Å²) in [6.45, 7) is 0. The minimum atomic E-state index is -3.64. The number of benzene rings is 1. The molecule has 1 aromatic carbocycles. The molecule has 1 aliphatic rings. The zero-order chi connectivity index (χ0) is 12.6. The predicted molar refractivity (Wildman–Crippen MR) is 68.0 cm³/mol. The van der Waals surface area contributed by atoms with Crippen molar-refractivity contribution in [3.05, 3.63) is 54.4 Å². The van der Waals surface area contributed by atoms with Gasteiger partial charge in [0.15, 0.2) is 5.84 Å². The lowest BCUT2D eigenvalue weighted by Gasteiger charge is -2.17. The number of nitrogens with zero attached hydrogens (tertiary/aromatic N) is 2. The molecule has 3 rings (SSSR count). The standard InChI is InChI=1S/C12H9N3O2S/c16-18(17)11-6-2-1-5-10(11)14-12(15-18)9-4-3-7-13-8-9/h1-8H,(H,14,15). The summed E-state index contributed by atoms with van der Waals surface area (Å²) in [5.74, 6) is 0.293. The lowest BCUT2D eigenvalue weighted by molar-refractivity contribution is 0.598. The van der Waals surface area contributed by atoms with Crippen molar-refractivity contribution in [2.75, 3.05) is 5.32 Å². The van der Waals surface area contributed by atoms with E-state index in [-0.39, 0.29) is 4.90 Å². The van der Waals surface area contributed by atoms with E-state index in [9.17, 15) is 8.42 Å². The average Bonchev–Trinajstić information content (AvgIpc) is 2.39. The van der Waals surface area contributed by atoms with Crippen LogP contribution in [0, 0.1) is 0 Å². The van der Waals surface area contributed by atoms with Crippen LogP contribution in [0.3, 0.4) is 0 Å². The molecule has 90 valence electrons. The predicted octanol–water partition coefficient (Wildman–Crippen LogP) is 1.64. The first kappa shape index (κ1) is 10.9. The van der Waals surface area contributed by atoms with E-state index >= 15 is 0 Å². The number of hydrogen-bond donors (Lipinski definition) is 1. The number of aromatic nitrogens is 1. The summed E-state index contributed by atoms with van der Waals surface area (Å²) in [6.07, 6.45) is 3.19. The Morgan fingerprint density at radius 2 is 1.89 bits per heavy atom. The lowest BCUT2D eigenvalue weighted by atomic mass is 10.2. The summed E-state index contributed by atoms with van der Waals surface area (Å²) in [5, 5.41) is 3.00. The van der Waals surface area contributed by atoms with E-state index in [1.807, 2.05) is 0 Å². The number of sulfonamides is 1.